The van der Waals surface area contributed by atoms with Crippen molar-refractivity contribution in [3.05, 3.63) is 63.9 Å². The minimum Gasteiger partial charge on any atom is -0.444 e. The Bertz CT molecular complexity index is 951. The van der Waals surface area contributed by atoms with Crippen LogP contribution in [0.1, 0.15) is 88.5 Å². The summed E-state index contributed by atoms with van der Waals surface area (Å²) in [5.74, 6) is 0.591. The van der Waals surface area contributed by atoms with Gasteiger partial charge in [-0.25, -0.2) is 4.79 Å². The number of nitrogens with zero attached hydrogens (tertiary/aromatic N) is 1. The number of nitrogens with one attached hydrogen (secondary N) is 1. The van der Waals surface area contributed by atoms with Gasteiger partial charge in [0, 0.05) is 40.7 Å². The molecule has 1 heterocycles. The van der Waals surface area contributed by atoms with Gasteiger partial charge in [0.2, 0.25) is 0 Å². The number of rotatable bonds is 9. The summed E-state index contributed by atoms with van der Waals surface area (Å²) in [6.07, 6.45) is 3.95. The van der Waals surface area contributed by atoms with E-state index in [9.17, 15) is 9.59 Å². The minimum absolute atomic E-state index is 0.0258. The Morgan fingerprint density at radius 1 is 1.15 bits per heavy atom. The van der Waals surface area contributed by atoms with E-state index in [-0.39, 0.29) is 23.5 Å². The number of carbonyl (C=O) groups is 2. The van der Waals surface area contributed by atoms with Crippen molar-refractivity contribution in [3.8, 4) is 0 Å². The first-order valence-corrected chi connectivity index (χ1v) is 12.6. The van der Waals surface area contributed by atoms with E-state index in [1.165, 1.54) is 5.56 Å². The van der Waals surface area contributed by atoms with Gasteiger partial charge in [0.25, 0.3) is 0 Å². The first-order chi connectivity index (χ1) is 15.6. The van der Waals surface area contributed by atoms with Crippen LogP contribution < -0.4 is 5.32 Å². The van der Waals surface area contributed by atoms with Gasteiger partial charge in [-0.15, -0.1) is 0 Å². The highest BCUT2D eigenvalue weighted by Crippen LogP contribution is 2.50. The van der Waals surface area contributed by atoms with Crippen LogP contribution in [0.3, 0.4) is 0 Å². The van der Waals surface area contributed by atoms with E-state index in [0.717, 1.165) is 28.6 Å². The smallest absolute Gasteiger partial charge is 0.407 e. The predicted octanol–water partition coefficient (Wildman–Crippen LogP) is 6.73. The summed E-state index contributed by atoms with van der Waals surface area (Å²) in [5.41, 5.74) is 2.66. The molecule has 33 heavy (non-hydrogen) atoms. The Kier molecular flexibility index (Phi) is 8.33. The fourth-order valence-electron chi connectivity index (χ4n) is 4.06. The fourth-order valence-corrected chi connectivity index (χ4v) is 4.32. The van der Waals surface area contributed by atoms with Crippen LogP contribution in [-0.2, 0) is 9.53 Å². The molecule has 5 nitrogen and oxygen atoms in total. The second kappa shape index (κ2) is 10.8. The van der Waals surface area contributed by atoms with Crippen molar-refractivity contribution >= 4 is 27.8 Å². The third kappa shape index (κ3) is 7.13. The van der Waals surface area contributed by atoms with Crippen molar-refractivity contribution in [2.24, 2.45) is 5.92 Å². The van der Waals surface area contributed by atoms with Crippen molar-refractivity contribution in [1.82, 2.24) is 10.3 Å². The normalized spacial score (nSPS) is 19.5. The second-order valence-electron chi connectivity index (χ2n) is 10.00. The molecule has 6 heteroatoms. The highest BCUT2D eigenvalue weighted by atomic mass is 79.9. The first-order valence-electron chi connectivity index (χ1n) is 11.8. The summed E-state index contributed by atoms with van der Waals surface area (Å²) in [7, 11) is 0. The largest absolute Gasteiger partial charge is 0.444 e. The van der Waals surface area contributed by atoms with Gasteiger partial charge in [0.15, 0.2) is 0 Å². The molecule has 1 amide bonds. The number of halogens is 1. The van der Waals surface area contributed by atoms with Gasteiger partial charge in [0.1, 0.15) is 11.4 Å². The molecule has 0 bridgehead atoms. The van der Waals surface area contributed by atoms with E-state index in [0.29, 0.717) is 18.9 Å². The number of alkyl carbamates (subject to hydrolysis) is 1. The molecule has 1 aliphatic carbocycles. The topological polar surface area (TPSA) is 68.3 Å². The van der Waals surface area contributed by atoms with Gasteiger partial charge in [-0.3, -0.25) is 9.78 Å². The van der Waals surface area contributed by atoms with Crippen LogP contribution in [-0.4, -0.2) is 29.0 Å². The Morgan fingerprint density at radius 2 is 1.82 bits per heavy atom. The van der Waals surface area contributed by atoms with E-state index in [2.05, 4.69) is 52.2 Å². The molecule has 0 radical (unpaired) electrons. The molecule has 4 atom stereocenters. The van der Waals surface area contributed by atoms with E-state index in [1.54, 1.807) is 0 Å². The van der Waals surface area contributed by atoms with Crippen molar-refractivity contribution in [1.29, 1.82) is 0 Å². The molecular weight excluding hydrogens is 480 g/mol. The van der Waals surface area contributed by atoms with Gasteiger partial charge >= 0.3 is 6.09 Å². The number of amides is 1. The third-order valence-electron chi connectivity index (χ3n) is 6.24. The number of ketones is 1. The first kappa shape index (κ1) is 25.4. The molecule has 0 spiro atoms. The van der Waals surface area contributed by atoms with Gasteiger partial charge in [-0.05, 0) is 75.3 Å². The zero-order chi connectivity index (χ0) is 24.2. The number of carbonyl (C=O) groups excluding carboxylic acids is 2. The molecule has 1 saturated carbocycles. The zero-order valence-electron chi connectivity index (χ0n) is 20.2. The molecule has 2 aromatic rings. The summed E-state index contributed by atoms with van der Waals surface area (Å²) in [5, 5.41) is 2.80. The van der Waals surface area contributed by atoms with Gasteiger partial charge in [-0.2, -0.15) is 0 Å². The summed E-state index contributed by atoms with van der Waals surface area (Å²) in [6, 6.07) is 12.1. The number of benzene rings is 1. The van der Waals surface area contributed by atoms with Crippen LogP contribution in [0.25, 0.3) is 0 Å². The molecule has 0 aliphatic heterocycles. The minimum atomic E-state index is -0.552. The predicted molar refractivity (Wildman–Crippen MR) is 135 cm³/mol. The molecule has 1 fully saturated rings. The average Bonchev–Trinajstić information content (AvgIpc) is 3.56. The molecule has 3 rings (SSSR count). The molecule has 0 saturated heterocycles. The van der Waals surface area contributed by atoms with Crippen LogP contribution in [0.2, 0.25) is 0 Å². The van der Waals surface area contributed by atoms with Crippen molar-refractivity contribution < 1.29 is 14.3 Å². The lowest BCUT2D eigenvalue weighted by Crippen LogP contribution is -2.34. The van der Waals surface area contributed by atoms with Crippen molar-refractivity contribution in [2.45, 2.75) is 77.2 Å². The summed E-state index contributed by atoms with van der Waals surface area (Å²) < 4.78 is 6.29. The molecule has 1 N–H and O–H groups in total. The van der Waals surface area contributed by atoms with Crippen molar-refractivity contribution in [2.75, 3.05) is 6.54 Å². The number of Topliss-reactive ketones (excluding diaryl/α,β-unsaturated/α-hetero) is 1. The summed E-state index contributed by atoms with van der Waals surface area (Å²) in [4.78, 5) is 30.2. The van der Waals surface area contributed by atoms with Crippen LogP contribution in [0, 0.1) is 5.92 Å². The van der Waals surface area contributed by atoms with Crippen LogP contribution >= 0.6 is 15.9 Å². The number of ether oxygens (including phenoxy) is 1. The third-order valence-corrected chi connectivity index (χ3v) is 6.77. The van der Waals surface area contributed by atoms with Gasteiger partial charge in [-0.1, -0.05) is 48.0 Å². The van der Waals surface area contributed by atoms with Crippen LogP contribution in [0.5, 0.6) is 0 Å². The Hall–Kier alpha value is -2.21. The SMILES string of the molecule is CCC(C)c1ccc([C@@H]2C[C@H]2C(=O)[C@H](CCNC(=O)OC(C)(C)C)c2ccc(Br)cc2)nc1. The lowest BCUT2D eigenvalue weighted by Gasteiger charge is -2.21. The standard InChI is InChI=1S/C27H35BrN2O3/c1-6-17(2)19-9-12-24(30-16-19)22-15-23(22)25(31)21(18-7-10-20(28)11-8-18)13-14-29-26(32)33-27(3,4)5/h7-12,16-17,21-23H,6,13-15H2,1-5H3,(H,29,32)/t17?,21-,22-,23-/m1/s1. The molecule has 1 aromatic carbocycles. The number of hydrogen-bond donors (Lipinski definition) is 1. The lowest BCUT2D eigenvalue weighted by atomic mass is 9.88. The quantitative estimate of drug-likeness (QED) is 0.402. The fraction of sp³-hybridized carbons (Fsp3) is 0.519. The molecule has 1 unspecified atom stereocenters. The Labute approximate surface area is 205 Å². The number of pyridine rings is 1. The Morgan fingerprint density at radius 3 is 2.39 bits per heavy atom. The highest BCUT2D eigenvalue weighted by Gasteiger charge is 2.47. The summed E-state index contributed by atoms with van der Waals surface area (Å²) in [6.45, 7) is 10.2. The average molecular weight is 515 g/mol. The number of hydrogen-bond acceptors (Lipinski definition) is 4. The highest BCUT2D eigenvalue weighted by molar-refractivity contribution is 9.10. The van der Waals surface area contributed by atoms with E-state index in [1.807, 2.05) is 51.2 Å². The zero-order valence-corrected chi connectivity index (χ0v) is 21.8. The van der Waals surface area contributed by atoms with Crippen LogP contribution in [0.15, 0.2) is 47.1 Å². The maximum atomic E-state index is 13.5. The summed E-state index contributed by atoms with van der Waals surface area (Å²) >= 11 is 3.47. The maximum Gasteiger partial charge on any atom is 0.407 e. The second-order valence-corrected chi connectivity index (χ2v) is 10.9. The molecule has 1 aromatic heterocycles. The Balaban J connectivity index is 1.67. The monoisotopic (exact) mass is 514 g/mol. The van der Waals surface area contributed by atoms with Gasteiger partial charge < -0.3 is 10.1 Å². The van der Waals surface area contributed by atoms with E-state index in [4.69, 9.17) is 4.74 Å². The maximum absolute atomic E-state index is 13.5. The van der Waals surface area contributed by atoms with E-state index < -0.39 is 11.7 Å². The molecule has 1 aliphatic rings. The van der Waals surface area contributed by atoms with Gasteiger partial charge in [0.05, 0.1) is 0 Å². The lowest BCUT2D eigenvalue weighted by molar-refractivity contribution is -0.122. The number of aromatic nitrogens is 1. The van der Waals surface area contributed by atoms with E-state index >= 15 is 0 Å². The van der Waals surface area contributed by atoms with Crippen LogP contribution in [0.4, 0.5) is 4.79 Å². The molecular formula is C27H35BrN2O3. The molecule has 178 valence electrons. The van der Waals surface area contributed by atoms with Crippen molar-refractivity contribution in [3.63, 3.8) is 0 Å².